The van der Waals surface area contributed by atoms with E-state index in [1.54, 1.807) is 24.3 Å². The molecule has 1 aromatic heterocycles. The van der Waals surface area contributed by atoms with Crippen molar-refractivity contribution >= 4 is 17.5 Å². The Kier molecular flexibility index (Phi) is 3.39. The monoisotopic (exact) mass is 285 g/mol. The molecule has 1 atom stereocenters. The third kappa shape index (κ3) is 2.62. The lowest BCUT2D eigenvalue weighted by atomic mass is 9.89. The van der Waals surface area contributed by atoms with Crippen LogP contribution >= 0.6 is 0 Å². The van der Waals surface area contributed by atoms with E-state index in [9.17, 15) is 9.59 Å². The Hall–Kier alpha value is -2.70. The molecule has 0 spiro atoms. The zero-order valence-corrected chi connectivity index (χ0v) is 11.3. The van der Waals surface area contributed by atoms with Gasteiger partial charge in [0.25, 0.3) is 5.91 Å². The standard InChI is InChI=1S/C14H15N5O2/c15-10-4-2-1-3-9(10)14(21)16-13(20)8-5-6-11-12(7-8)18-19-17-11/h1-4,8H,5-7,15H2,(H,16,20,21)(H,17,18,19). The highest BCUT2D eigenvalue weighted by Crippen LogP contribution is 2.22. The van der Waals surface area contributed by atoms with Crippen molar-refractivity contribution < 1.29 is 9.59 Å². The number of nitrogen functional groups attached to an aromatic ring is 1. The first-order chi connectivity index (χ1) is 10.1. The number of anilines is 1. The number of amides is 2. The number of nitrogens with one attached hydrogen (secondary N) is 2. The van der Waals surface area contributed by atoms with Gasteiger partial charge in [-0.25, -0.2) is 0 Å². The minimum atomic E-state index is -0.468. The average molecular weight is 285 g/mol. The maximum absolute atomic E-state index is 12.2. The first-order valence-corrected chi connectivity index (χ1v) is 6.73. The zero-order chi connectivity index (χ0) is 14.8. The van der Waals surface area contributed by atoms with Gasteiger partial charge in [0.05, 0.1) is 17.0 Å². The van der Waals surface area contributed by atoms with Crippen molar-refractivity contribution in [2.75, 3.05) is 5.73 Å². The molecule has 2 amide bonds. The van der Waals surface area contributed by atoms with Crippen LogP contribution in [0.25, 0.3) is 0 Å². The van der Waals surface area contributed by atoms with Gasteiger partial charge in [0.15, 0.2) is 0 Å². The van der Waals surface area contributed by atoms with Gasteiger partial charge in [-0.2, -0.15) is 15.4 Å². The smallest absolute Gasteiger partial charge is 0.259 e. The van der Waals surface area contributed by atoms with Crippen molar-refractivity contribution in [2.24, 2.45) is 5.92 Å². The molecule has 0 saturated heterocycles. The second kappa shape index (κ2) is 5.35. The number of para-hydroxylation sites is 1. The van der Waals surface area contributed by atoms with E-state index in [4.69, 9.17) is 5.73 Å². The fraction of sp³-hybridized carbons (Fsp3) is 0.286. The number of nitrogens with two attached hydrogens (primary N) is 1. The van der Waals surface area contributed by atoms with E-state index in [0.29, 0.717) is 30.5 Å². The fourth-order valence-corrected chi connectivity index (χ4v) is 2.49. The van der Waals surface area contributed by atoms with E-state index >= 15 is 0 Å². The number of hydrogen-bond acceptors (Lipinski definition) is 5. The first kappa shape index (κ1) is 13.3. The minimum Gasteiger partial charge on any atom is -0.398 e. The lowest BCUT2D eigenvalue weighted by Gasteiger charge is -2.19. The summed E-state index contributed by atoms with van der Waals surface area (Å²) in [6.45, 7) is 0. The van der Waals surface area contributed by atoms with Crippen LogP contribution in [0.5, 0.6) is 0 Å². The molecular formula is C14H15N5O2. The van der Waals surface area contributed by atoms with Crippen LogP contribution in [0.3, 0.4) is 0 Å². The molecule has 7 nitrogen and oxygen atoms in total. The predicted molar refractivity (Wildman–Crippen MR) is 75.2 cm³/mol. The summed E-state index contributed by atoms with van der Waals surface area (Å²) in [5.41, 5.74) is 8.09. The van der Waals surface area contributed by atoms with Crippen molar-refractivity contribution in [3.63, 3.8) is 0 Å². The Morgan fingerprint density at radius 3 is 2.81 bits per heavy atom. The Morgan fingerprint density at radius 2 is 2.00 bits per heavy atom. The molecule has 0 radical (unpaired) electrons. The number of fused-ring (bicyclic) bond motifs is 1. The lowest BCUT2D eigenvalue weighted by Crippen LogP contribution is -2.38. The SMILES string of the molecule is Nc1ccccc1C(=O)NC(=O)C1CCc2n[nH]nc2C1. The number of carbonyl (C=O) groups excluding carboxylic acids is 2. The van der Waals surface area contributed by atoms with Gasteiger partial charge in [0.1, 0.15) is 0 Å². The molecule has 1 aromatic carbocycles. The predicted octanol–water partition coefficient (Wildman–Crippen LogP) is 0.448. The molecule has 1 heterocycles. The Morgan fingerprint density at radius 1 is 1.24 bits per heavy atom. The number of hydrogen-bond donors (Lipinski definition) is 3. The number of benzene rings is 1. The minimum absolute atomic E-state index is 0.267. The van der Waals surface area contributed by atoms with Crippen molar-refractivity contribution in [2.45, 2.75) is 19.3 Å². The summed E-state index contributed by atoms with van der Waals surface area (Å²) < 4.78 is 0. The summed E-state index contributed by atoms with van der Waals surface area (Å²) in [5.74, 6) is -1.03. The summed E-state index contributed by atoms with van der Waals surface area (Å²) >= 11 is 0. The molecule has 0 saturated carbocycles. The normalized spacial score (nSPS) is 17.0. The van der Waals surface area contributed by atoms with Crippen LogP contribution in [0, 0.1) is 5.92 Å². The summed E-state index contributed by atoms with van der Waals surface area (Å²) in [6, 6.07) is 6.66. The second-order valence-corrected chi connectivity index (χ2v) is 5.06. The Balaban J connectivity index is 1.67. The van der Waals surface area contributed by atoms with Crippen molar-refractivity contribution in [3.05, 3.63) is 41.2 Å². The van der Waals surface area contributed by atoms with Gasteiger partial charge in [-0.05, 0) is 25.0 Å². The number of H-pyrrole nitrogens is 1. The molecule has 1 aliphatic rings. The van der Waals surface area contributed by atoms with Crippen LogP contribution < -0.4 is 11.1 Å². The van der Waals surface area contributed by atoms with Crippen molar-refractivity contribution in [1.82, 2.24) is 20.7 Å². The largest absolute Gasteiger partial charge is 0.398 e. The second-order valence-electron chi connectivity index (χ2n) is 5.06. The van der Waals surface area contributed by atoms with Crippen molar-refractivity contribution in [1.29, 1.82) is 0 Å². The maximum atomic E-state index is 12.2. The van der Waals surface area contributed by atoms with E-state index in [1.807, 2.05) is 0 Å². The number of nitrogens with zero attached hydrogens (tertiary/aromatic N) is 2. The lowest BCUT2D eigenvalue weighted by molar-refractivity contribution is -0.124. The van der Waals surface area contributed by atoms with Crippen LogP contribution in [-0.4, -0.2) is 27.2 Å². The van der Waals surface area contributed by atoms with Crippen LogP contribution in [0.2, 0.25) is 0 Å². The van der Waals surface area contributed by atoms with E-state index in [1.165, 1.54) is 0 Å². The number of rotatable bonds is 2. The molecule has 3 rings (SSSR count). The van der Waals surface area contributed by atoms with Gasteiger partial charge in [0.2, 0.25) is 5.91 Å². The summed E-state index contributed by atoms with van der Waals surface area (Å²) in [5, 5.41) is 13.0. The van der Waals surface area contributed by atoms with Gasteiger partial charge < -0.3 is 5.73 Å². The molecule has 0 aliphatic heterocycles. The van der Waals surface area contributed by atoms with Gasteiger partial charge in [-0.15, -0.1) is 0 Å². The topological polar surface area (TPSA) is 114 Å². The Labute approximate surface area is 120 Å². The summed E-state index contributed by atoms with van der Waals surface area (Å²) in [7, 11) is 0. The van der Waals surface area contributed by atoms with Gasteiger partial charge in [-0.1, -0.05) is 12.1 Å². The molecular weight excluding hydrogens is 270 g/mol. The number of imide groups is 1. The number of carbonyl (C=O) groups is 2. The highest BCUT2D eigenvalue weighted by Gasteiger charge is 2.28. The van der Waals surface area contributed by atoms with E-state index in [2.05, 4.69) is 20.7 Å². The maximum Gasteiger partial charge on any atom is 0.259 e. The third-order valence-electron chi connectivity index (χ3n) is 3.69. The Bertz CT molecular complexity index is 694. The molecule has 7 heteroatoms. The summed E-state index contributed by atoms with van der Waals surface area (Å²) in [4.78, 5) is 24.3. The van der Waals surface area contributed by atoms with E-state index in [0.717, 1.165) is 11.4 Å². The van der Waals surface area contributed by atoms with Crippen LogP contribution in [-0.2, 0) is 17.6 Å². The molecule has 4 N–H and O–H groups in total. The zero-order valence-electron chi connectivity index (χ0n) is 11.3. The highest BCUT2D eigenvalue weighted by molar-refractivity contribution is 6.08. The molecule has 108 valence electrons. The van der Waals surface area contributed by atoms with Crippen LogP contribution in [0.15, 0.2) is 24.3 Å². The number of aromatic nitrogens is 3. The molecule has 0 fully saturated rings. The molecule has 1 aliphatic carbocycles. The van der Waals surface area contributed by atoms with Gasteiger partial charge >= 0.3 is 0 Å². The molecule has 2 aromatic rings. The van der Waals surface area contributed by atoms with E-state index < -0.39 is 5.91 Å². The van der Waals surface area contributed by atoms with Crippen LogP contribution in [0.4, 0.5) is 5.69 Å². The number of aryl methyl sites for hydroxylation is 1. The van der Waals surface area contributed by atoms with Gasteiger partial charge in [0, 0.05) is 18.0 Å². The molecule has 0 bridgehead atoms. The fourth-order valence-electron chi connectivity index (χ4n) is 2.49. The quantitative estimate of drug-likeness (QED) is 0.547. The molecule has 21 heavy (non-hydrogen) atoms. The third-order valence-corrected chi connectivity index (χ3v) is 3.69. The van der Waals surface area contributed by atoms with E-state index in [-0.39, 0.29) is 11.8 Å². The van der Waals surface area contributed by atoms with Crippen molar-refractivity contribution in [3.8, 4) is 0 Å². The molecule has 1 unspecified atom stereocenters. The first-order valence-electron chi connectivity index (χ1n) is 6.73. The average Bonchev–Trinajstić information content (AvgIpc) is 2.94. The van der Waals surface area contributed by atoms with Crippen LogP contribution in [0.1, 0.15) is 28.2 Å². The summed E-state index contributed by atoms with van der Waals surface area (Å²) in [6.07, 6.45) is 1.84. The van der Waals surface area contributed by atoms with Gasteiger partial charge in [-0.3, -0.25) is 14.9 Å². The number of aromatic amines is 1. The highest BCUT2D eigenvalue weighted by atomic mass is 16.2.